The van der Waals surface area contributed by atoms with Gasteiger partial charge in [-0.25, -0.2) is 24.2 Å². The molecule has 1 aliphatic rings. The van der Waals surface area contributed by atoms with Gasteiger partial charge in [0, 0.05) is 44.1 Å². The minimum absolute atomic E-state index is 0.221. The van der Waals surface area contributed by atoms with E-state index in [2.05, 4.69) is 32.0 Å². The SMILES string of the molecule is [C-]#[N+]c1cnc(N[C@@H]2C[C@@H](F)CN(c3nc4cc(NC(=O)C=C)c(C)cc4n3C)C2)nc1. The fraction of sp³-hybridized carbons (Fsp3) is 0.318. The Kier molecular flexibility index (Phi) is 5.73. The number of carbonyl (C=O) groups is 1. The van der Waals surface area contributed by atoms with Gasteiger partial charge in [0.05, 0.1) is 24.2 Å². The summed E-state index contributed by atoms with van der Waals surface area (Å²) in [6, 6.07) is 3.54. The molecule has 1 aromatic carbocycles. The quantitative estimate of drug-likeness (QED) is 0.473. The van der Waals surface area contributed by atoms with Gasteiger partial charge in [-0.1, -0.05) is 6.58 Å². The van der Waals surface area contributed by atoms with E-state index in [9.17, 15) is 9.18 Å². The molecule has 164 valence electrons. The predicted octanol–water partition coefficient (Wildman–Crippen LogP) is 3.38. The fourth-order valence-corrected chi connectivity index (χ4v) is 3.87. The topological polar surface area (TPSA) is 92.3 Å². The van der Waals surface area contributed by atoms with Crippen LogP contribution in [0.25, 0.3) is 15.9 Å². The van der Waals surface area contributed by atoms with E-state index < -0.39 is 6.17 Å². The van der Waals surface area contributed by atoms with Crippen LogP contribution in [-0.4, -0.2) is 50.7 Å². The molecular weight excluding hydrogens is 411 g/mol. The number of hydrogen-bond donors (Lipinski definition) is 2. The van der Waals surface area contributed by atoms with Crippen molar-refractivity contribution in [1.82, 2.24) is 19.5 Å². The summed E-state index contributed by atoms with van der Waals surface area (Å²) in [5.41, 5.74) is 3.49. The summed E-state index contributed by atoms with van der Waals surface area (Å²) in [5, 5.41) is 5.95. The molecule has 3 heterocycles. The summed E-state index contributed by atoms with van der Waals surface area (Å²) in [6.45, 7) is 13.1. The largest absolute Gasteiger partial charge is 0.350 e. The van der Waals surface area contributed by atoms with Crippen LogP contribution in [-0.2, 0) is 11.8 Å². The highest BCUT2D eigenvalue weighted by Gasteiger charge is 2.30. The number of rotatable bonds is 5. The maximum absolute atomic E-state index is 14.6. The zero-order chi connectivity index (χ0) is 22.8. The third-order valence-corrected chi connectivity index (χ3v) is 5.43. The molecule has 0 spiro atoms. The van der Waals surface area contributed by atoms with Gasteiger partial charge in [-0.15, -0.1) is 0 Å². The number of imidazole rings is 1. The van der Waals surface area contributed by atoms with E-state index in [-0.39, 0.29) is 18.5 Å². The van der Waals surface area contributed by atoms with Crippen LogP contribution >= 0.6 is 0 Å². The number of aromatic nitrogens is 4. The number of benzene rings is 1. The molecule has 1 aliphatic heterocycles. The molecule has 0 aliphatic carbocycles. The minimum atomic E-state index is -1.05. The molecule has 3 aromatic rings. The molecule has 2 aromatic heterocycles. The van der Waals surface area contributed by atoms with Crippen molar-refractivity contribution in [1.29, 1.82) is 0 Å². The van der Waals surface area contributed by atoms with Crippen molar-refractivity contribution in [3.8, 4) is 0 Å². The van der Waals surface area contributed by atoms with E-state index in [1.807, 2.05) is 35.6 Å². The van der Waals surface area contributed by atoms with Gasteiger partial charge < -0.3 is 20.1 Å². The van der Waals surface area contributed by atoms with E-state index in [0.717, 1.165) is 11.1 Å². The molecule has 2 atom stereocenters. The van der Waals surface area contributed by atoms with Gasteiger partial charge in [0.15, 0.2) is 0 Å². The Hall–Kier alpha value is -4.00. The number of piperidine rings is 1. The van der Waals surface area contributed by atoms with Gasteiger partial charge in [-0.3, -0.25) is 4.79 Å². The van der Waals surface area contributed by atoms with Crippen LogP contribution in [0.15, 0.2) is 37.2 Å². The molecule has 1 amide bonds. The number of alkyl halides is 1. The van der Waals surface area contributed by atoms with Crippen molar-refractivity contribution < 1.29 is 9.18 Å². The number of nitrogens with zero attached hydrogens (tertiary/aromatic N) is 6. The molecule has 0 unspecified atom stereocenters. The third kappa shape index (κ3) is 4.23. The molecule has 4 rings (SSSR count). The van der Waals surface area contributed by atoms with E-state index in [4.69, 9.17) is 11.6 Å². The van der Waals surface area contributed by atoms with Crippen LogP contribution in [0, 0.1) is 13.5 Å². The first-order valence-electron chi connectivity index (χ1n) is 10.1. The Labute approximate surface area is 184 Å². The number of nitrogens with one attached hydrogen (secondary N) is 2. The summed E-state index contributed by atoms with van der Waals surface area (Å²) < 4.78 is 16.6. The Morgan fingerprint density at radius 1 is 1.34 bits per heavy atom. The number of carbonyl (C=O) groups excluding carboxylic acids is 1. The van der Waals surface area contributed by atoms with Gasteiger partial charge >= 0.3 is 0 Å². The number of anilines is 3. The highest BCUT2D eigenvalue weighted by Crippen LogP contribution is 2.29. The lowest BCUT2D eigenvalue weighted by Gasteiger charge is -2.35. The molecule has 2 N–H and O–H groups in total. The zero-order valence-electron chi connectivity index (χ0n) is 17.8. The standard InChI is InChI=1S/C22H23FN8O/c1-5-20(32)28-17-8-18-19(6-13(17)2)30(4)22(29-18)31-11-14(23)7-15(12-31)27-21-25-9-16(24-3)10-26-21/h5-6,8-10,14-15H,1,7,11-12H2,2,4H3,(H,28,32)(H,25,26,27)/t14-,15-/m1/s1. The van der Waals surface area contributed by atoms with E-state index in [0.29, 0.717) is 41.8 Å². The van der Waals surface area contributed by atoms with Crippen LogP contribution in [0.1, 0.15) is 12.0 Å². The Balaban J connectivity index is 1.59. The first-order chi connectivity index (χ1) is 15.4. The van der Waals surface area contributed by atoms with Crippen LogP contribution in [0.4, 0.5) is 27.7 Å². The molecule has 0 bridgehead atoms. The summed E-state index contributed by atoms with van der Waals surface area (Å²) in [6.07, 6.45) is 3.37. The summed E-state index contributed by atoms with van der Waals surface area (Å²) in [5.74, 6) is 0.713. The number of fused-ring (bicyclic) bond motifs is 1. The van der Waals surface area contributed by atoms with Crippen LogP contribution in [0.5, 0.6) is 0 Å². The van der Waals surface area contributed by atoms with Crippen molar-refractivity contribution in [2.75, 3.05) is 28.6 Å². The maximum atomic E-state index is 14.6. The second-order valence-electron chi connectivity index (χ2n) is 7.78. The van der Waals surface area contributed by atoms with Crippen molar-refractivity contribution in [2.24, 2.45) is 7.05 Å². The number of amides is 1. The monoisotopic (exact) mass is 434 g/mol. The lowest BCUT2D eigenvalue weighted by Crippen LogP contribution is -2.48. The first kappa shape index (κ1) is 21.2. The molecule has 0 saturated carbocycles. The van der Waals surface area contributed by atoms with Crippen molar-refractivity contribution in [3.05, 3.63) is 54.2 Å². The van der Waals surface area contributed by atoms with Crippen molar-refractivity contribution in [3.63, 3.8) is 0 Å². The van der Waals surface area contributed by atoms with Gasteiger partial charge in [0.2, 0.25) is 23.5 Å². The summed E-state index contributed by atoms with van der Waals surface area (Å²) in [7, 11) is 1.89. The molecular formula is C22H23FN8O. The van der Waals surface area contributed by atoms with Crippen LogP contribution in [0.2, 0.25) is 0 Å². The Morgan fingerprint density at radius 2 is 2.09 bits per heavy atom. The third-order valence-electron chi connectivity index (χ3n) is 5.43. The summed E-state index contributed by atoms with van der Waals surface area (Å²) >= 11 is 0. The molecule has 32 heavy (non-hydrogen) atoms. The van der Waals surface area contributed by atoms with Gasteiger partial charge in [0.1, 0.15) is 6.17 Å². The van der Waals surface area contributed by atoms with Crippen molar-refractivity contribution in [2.45, 2.75) is 25.6 Å². The van der Waals surface area contributed by atoms with Crippen molar-refractivity contribution >= 4 is 40.2 Å². The minimum Gasteiger partial charge on any atom is -0.350 e. The fourth-order valence-electron chi connectivity index (χ4n) is 3.87. The Morgan fingerprint density at radius 3 is 2.78 bits per heavy atom. The molecule has 0 radical (unpaired) electrons. The van der Waals surface area contributed by atoms with Crippen LogP contribution in [0.3, 0.4) is 0 Å². The highest BCUT2D eigenvalue weighted by atomic mass is 19.1. The second-order valence-corrected chi connectivity index (χ2v) is 7.78. The predicted molar refractivity (Wildman–Crippen MR) is 122 cm³/mol. The van der Waals surface area contributed by atoms with Gasteiger partial charge in [-0.2, -0.15) is 0 Å². The average Bonchev–Trinajstić information content (AvgIpc) is 3.09. The molecule has 10 heteroatoms. The lowest BCUT2D eigenvalue weighted by molar-refractivity contribution is -0.111. The van der Waals surface area contributed by atoms with E-state index in [1.165, 1.54) is 18.5 Å². The smallest absolute Gasteiger partial charge is 0.247 e. The maximum Gasteiger partial charge on any atom is 0.247 e. The van der Waals surface area contributed by atoms with Gasteiger partial charge in [0.25, 0.3) is 0 Å². The second kappa shape index (κ2) is 8.63. The Bertz CT molecular complexity index is 1210. The molecule has 1 fully saturated rings. The zero-order valence-corrected chi connectivity index (χ0v) is 17.8. The summed E-state index contributed by atoms with van der Waals surface area (Å²) in [4.78, 5) is 29.9. The van der Waals surface area contributed by atoms with Crippen LogP contribution < -0.4 is 15.5 Å². The first-order valence-corrected chi connectivity index (χ1v) is 10.1. The van der Waals surface area contributed by atoms with E-state index >= 15 is 0 Å². The number of halogens is 1. The van der Waals surface area contributed by atoms with E-state index in [1.54, 1.807) is 0 Å². The molecule has 9 nitrogen and oxygen atoms in total. The van der Waals surface area contributed by atoms with Gasteiger partial charge in [-0.05, 0) is 30.7 Å². The number of aryl methyl sites for hydroxylation is 2. The number of hydrogen-bond acceptors (Lipinski definition) is 6. The highest BCUT2D eigenvalue weighted by molar-refractivity contribution is 6.00. The normalized spacial score (nSPS) is 18.2. The average molecular weight is 434 g/mol. The lowest BCUT2D eigenvalue weighted by atomic mass is 10.0. The molecule has 1 saturated heterocycles.